The number of amides is 1. The van der Waals surface area contributed by atoms with Crippen LogP contribution in [0.25, 0.3) is 11.3 Å². The van der Waals surface area contributed by atoms with E-state index in [2.05, 4.69) is 20.7 Å². The highest BCUT2D eigenvalue weighted by molar-refractivity contribution is 5.94. The predicted molar refractivity (Wildman–Crippen MR) is 90.3 cm³/mol. The molecule has 1 aromatic heterocycles. The first-order valence-electron chi connectivity index (χ1n) is 7.24. The first-order chi connectivity index (χ1) is 11.2. The number of H-pyrrole nitrogens is 1. The molecule has 0 radical (unpaired) electrons. The summed E-state index contributed by atoms with van der Waals surface area (Å²) in [5.74, 6) is -0.329. The van der Waals surface area contributed by atoms with Gasteiger partial charge in [-0.15, -0.1) is 0 Å². The summed E-state index contributed by atoms with van der Waals surface area (Å²) in [6, 6.07) is 19.2. The largest absolute Gasteiger partial charge is 0.289 e. The zero-order valence-corrected chi connectivity index (χ0v) is 12.7. The van der Waals surface area contributed by atoms with Gasteiger partial charge in [-0.25, -0.2) is 5.43 Å². The average Bonchev–Trinajstić information content (AvgIpc) is 3.07. The van der Waals surface area contributed by atoms with Crippen LogP contribution < -0.4 is 5.43 Å². The summed E-state index contributed by atoms with van der Waals surface area (Å²) in [5.41, 5.74) is 6.59. The fourth-order valence-electron chi connectivity index (χ4n) is 2.15. The van der Waals surface area contributed by atoms with Gasteiger partial charge in [0.25, 0.3) is 5.91 Å². The number of nitrogens with zero attached hydrogens (tertiary/aromatic N) is 2. The number of aromatic amines is 1. The second kappa shape index (κ2) is 6.70. The van der Waals surface area contributed by atoms with E-state index in [9.17, 15) is 4.79 Å². The summed E-state index contributed by atoms with van der Waals surface area (Å²) in [6.45, 7) is 1.99. The van der Waals surface area contributed by atoms with Gasteiger partial charge in [0.05, 0.1) is 11.9 Å². The number of rotatable bonds is 4. The van der Waals surface area contributed by atoms with E-state index in [4.69, 9.17) is 0 Å². The van der Waals surface area contributed by atoms with Crippen LogP contribution in [-0.4, -0.2) is 22.3 Å². The van der Waals surface area contributed by atoms with Crippen LogP contribution in [0.4, 0.5) is 0 Å². The molecule has 5 heteroatoms. The summed E-state index contributed by atoms with van der Waals surface area (Å²) < 4.78 is 0. The van der Waals surface area contributed by atoms with Crippen molar-refractivity contribution in [2.24, 2.45) is 5.10 Å². The maximum atomic E-state index is 12.1. The minimum atomic E-state index is -0.329. The van der Waals surface area contributed by atoms with Crippen molar-refractivity contribution in [2.75, 3.05) is 0 Å². The van der Waals surface area contributed by atoms with Crippen molar-refractivity contribution >= 4 is 12.1 Å². The van der Waals surface area contributed by atoms with E-state index in [-0.39, 0.29) is 5.91 Å². The molecular weight excluding hydrogens is 288 g/mol. The van der Waals surface area contributed by atoms with Crippen molar-refractivity contribution in [1.82, 2.24) is 15.6 Å². The molecule has 0 saturated heterocycles. The minimum Gasteiger partial charge on any atom is -0.272 e. The van der Waals surface area contributed by atoms with Crippen LogP contribution in [0.2, 0.25) is 0 Å². The Morgan fingerprint density at radius 3 is 2.65 bits per heavy atom. The summed E-state index contributed by atoms with van der Waals surface area (Å²) in [7, 11) is 0. The van der Waals surface area contributed by atoms with Gasteiger partial charge >= 0.3 is 0 Å². The van der Waals surface area contributed by atoms with Gasteiger partial charge in [-0.05, 0) is 24.1 Å². The van der Waals surface area contributed by atoms with Crippen molar-refractivity contribution < 1.29 is 4.79 Å². The third kappa shape index (κ3) is 3.52. The number of aryl methyl sites for hydroxylation is 1. The quantitative estimate of drug-likeness (QED) is 0.574. The molecule has 0 unspecified atom stereocenters. The molecule has 0 atom stereocenters. The lowest BCUT2D eigenvalue weighted by Gasteiger charge is -1.98. The van der Waals surface area contributed by atoms with Crippen molar-refractivity contribution in [3.63, 3.8) is 0 Å². The summed E-state index contributed by atoms with van der Waals surface area (Å²) in [5, 5.41) is 10.9. The van der Waals surface area contributed by atoms with Crippen molar-refractivity contribution in [3.8, 4) is 11.3 Å². The monoisotopic (exact) mass is 304 g/mol. The summed E-state index contributed by atoms with van der Waals surface area (Å²) in [6.07, 6.45) is 1.63. The lowest BCUT2D eigenvalue weighted by Crippen LogP contribution is -2.18. The Balaban J connectivity index is 1.68. The minimum absolute atomic E-state index is 0.329. The van der Waals surface area contributed by atoms with Gasteiger partial charge in [0.1, 0.15) is 5.69 Å². The zero-order chi connectivity index (χ0) is 16.1. The molecule has 23 heavy (non-hydrogen) atoms. The van der Waals surface area contributed by atoms with Crippen LogP contribution in [0, 0.1) is 6.92 Å². The van der Waals surface area contributed by atoms with Gasteiger partial charge in [-0.2, -0.15) is 10.2 Å². The Kier molecular flexibility index (Phi) is 4.29. The van der Waals surface area contributed by atoms with Crippen molar-refractivity contribution in [3.05, 3.63) is 77.5 Å². The van der Waals surface area contributed by atoms with E-state index in [0.717, 1.165) is 22.4 Å². The van der Waals surface area contributed by atoms with Crippen LogP contribution >= 0.6 is 0 Å². The van der Waals surface area contributed by atoms with Gasteiger partial charge < -0.3 is 0 Å². The molecule has 5 nitrogen and oxygen atoms in total. The maximum Gasteiger partial charge on any atom is 0.289 e. The SMILES string of the molecule is Cc1ccccc1/C=N\NC(=O)c1cc(-c2ccccc2)n[nH]1. The Morgan fingerprint density at radius 1 is 1.13 bits per heavy atom. The molecule has 3 rings (SSSR count). The fourth-order valence-corrected chi connectivity index (χ4v) is 2.15. The zero-order valence-electron chi connectivity index (χ0n) is 12.7. The smallest absolute Gasteiger partial charge is 0.272 e. The van der Waals surface area contributed by atoms with Crippen LogP contribution in [0.5, 0.6) is 0 Å². The molecular formula is C18H16N4O. The molecule has 2 N–H and O–H groups in total. The van der Waals surface area contributed by atoms with E-state index >= 15 is 0 Å². The standard InChI is InChI=1S/C18H16N4O/c1-13-7-5-6-10-15(13)12-19-22-18(23)17-11-16(20-21-17)14-8-3-2-4-9-14/h2-12H,1H3,(H,20,21)(H,22,23)/b19-12-. The van der Waals surface area contributed by atoms with Crippen LogP contribution in [0.15, 0.2) is 65.8 Å². The number of carbonyl (C=O) groups is 1. The van der Waals surface area contributed by atoms with Crippen molar-refractivity contribution in [2.45, 2.75) is 6.92 Å². The van der Waals surface area contributed by atoms with Crippen LogP contribution in [0.3, 0.4) is 0 Å². The number of nitrogens with one attached hydrogen (secondary N) is 2. The van der Waals surface area contributed by atoms with Gasteiger partial charge in [-0.1, -0.05) is 54.6 Å². The highest BCUT2D eigenvalue weighted by atomic mass is 16.2. The van der Waals surface area contributed by atoms with Crippen LogP contribution in [0.1, 0.15) is 21.6 Å². The second-order valence-electron chi connectivity index (χ2n) is 5.09. The topological polar surface area (TPSA) is 70.1 Å². The highest BCUT2D eigenvalue weighted by Crippen LogP contribution is 2.16. The molecule has 1 amide bonds. The van der Waals surface area contributed by atoms with E-state index in [1.165, 1.54) is 0 Å². The van der Waals surface area contributed by atoms with E-state index in [0.29, 0.717) is 5.69 Å². The first kappa shape index (κ1) is 14.7. The van der Waals surface area contributed by atoms with Crippen LogP contribution in [-0.2, 0) is 0 Å². The number of hydrogen-bond acceptors (Lipinski definition) is 3. The predicted octanol–water partition coefficient (Wildman–Crippen LogP) is 3.15. The molecule has 0 bridgehead atoms. The Hall–Kier alpha value is -3.21. The summed E-state index contributed by atoms with van der Waals surface area (Å²) >= 11 is 0. The number of benzene rings is 2. The van der Waals surface area contributed by atoms with Gasteiger partial charge in [0, 0.05) is 5.56 Å². The van der Waals surface area contributed by atoms with E-state index in [1.54, 1.807) is 12.3 Å². The number of aromatic nitrogens is 2. The van der Waals surface area contributed by atoms with Gasteiger partial charge in [0.2, 0.25) is 0 Å². The third-order valence-corrected chi connectivity index (χ3v) is 3.45. The van der Waals surface area contributed by atoms with Crippen molar-refractivity contribution in [1.29, 1.82) is 0 Å². The fraction of sp³-hybridized carbons (Fsp3) is 0.0556. The molecule has 0 aliphatic heterocycles. The normalized spacial score (nSPS) is 10.8. The molecule has 1 heterocycles. The molecule has 0 saturated carbocycles. The maximum absolute atomic E-state index is 12.1. The molecule has 3 aromatic rings. The lowest BCUT2D eigenvalue weighted by atomic mass is 10.1. The molecule has 0 aliphatic rings. The second-order valence-corrected chi connectivity index (χ2v) is 5.09. The Labute approximate surface area is 134 Å². The first-order valence-corrected chi connectivity index (χ1v) is 7.24. The Bertz CT molecular complexity index is 837. The van der Waals surface area contributed by atoms with E-state index in [1.807, 2.05) is 61.5 Å². The Morgan fingerprint density at radius 2 is 1.87 bits per heavy atom. The van der Waals surface area contributed by atoms with E-state index < -0.39 is 0 Å². The molecule has 114 valence electrons. The summed E-state index contributed by atoms with van der Waals surface area (Å²) in [4.78, 5) is 12.1. The van der Waals surface area contributed by atoms with Gasteiger partial charge in [0.15, 0.2) is 0 Å². The molecule has 0 fully saturated rings. The number of hydrazone groups is 1. The highest BCUT2D eigenvalue weighted by Gasteiger charge is 2.09. The third-order valence-electron chi connectivity index (χ3n) is 3.45. The van der Waals surface area contributed by atoms with Gasteiger partial charge in [-0.3, -0.25) is 9.89 Å². The molecule has 0 aliphatic carbocycles. The number of hydrogen-bond donors (Lipinski definition) is 2. The lowest BCUT2D eigenvalue weighted by molar-refractivity contribution is 0.0950. The number of carbonyl (C=O) groups excluding carboxylic acids is 1. The molecule has 0 spiro atoms. The average molecular weight is 304 g/mol. The molecule has 2 aromatic carbocycles.